The van der Waals surface area contributed by atoms with Crippen molar-refractivity contribution in [3.05, 3.63) is 53.6 Å². The van der Waals surface area contributed by atoms with Crippen LogP contribution in [0.1, 0.15) is 30.5 Å². The van der Waals surface area contributed by atoms with Crippen molar-refractivity contribution in [3.8, 4) is 11.5 Å². The second kappa shape index (κ2) is 7.27. The second-order valence-electron chi connectivity index (χ2n) is 5.96. The van der Waals surface area contributed by atoms with Crippen molar-refractivity contribution in [1.29, 1.82) is 0 Å². The Bertz CT molecular complexity index is 777. The predicted molar refractivity (Wildman–Crippen MR) is 103 cm³/mol. The molecule has 0 saturated carbocycles. The molecule has 0 radical (unpaired) electrons. The minimum Gasteiger partial charge on any atom is -0.486 e. The van der Waals surface area contributed by atoms with Crippen LogP contribution in [0.15, 0.2) is 47.6 Å². The number of nitrogens with zero attached hydrogens (tertiary/aromatic N) is 1. The summed E-state index contributed by atoms with van der Waals surface area (Å²) in [6, 6.07) is 14.7. The van der Waals surface area contributed by atoms with E-state index in [1.807, 2.05) is 6.07 Å². The Kier molecular flexibility index (Phi) is 4.70. The standard InChI is InChI=1S/C19H21N3O2S/c1-2-25-22-15-6-3-13(4-7-15)16-12-17(21-20-16)14-5-8-18-19(11-14)24-10-9-23-18/h3-8,11,17,21-22H,2,9-10,12H2,1H3. The topological polar surface area (TPSA) is 54.9 Å². The number of anilines is 1. The highest BCUT2D eigenvalue weighted by atomic mass is 32.2. The van der Waals surface area contributed by atoms with E-state index in [-0.39, 0.29) is 6.04 Å². The second-order valence-corrected chi connectivity index (χ2v) is 7.03. The highest BCUT2D eigenvalue weighted by Gasteiger charge is 2.23. The van der Waals surface area contributed by atoms with Crippen LogP contribution in [0.5, 0.6) is 11.5 Å². The lowest BCUT2D eigenvalue weighted by Gasteiger charge is -2.20. The lowest BCUT2D eigenvalue weighted by molar-refractivity contribution is 0.171. The van der Waals surface area contributed by atoms with Gasteiger partial charge in [0, 0.05) is 17.9 Å². The molecule has 0 bridgehead atoms. The normalized spacial score (nSPS) is 18.4. The maximum absolute atomic E-state index is 5.68. The summed E-state index contributed by atoms with van der Waals surface area (Å²) in [5.74, 6) is 2.68. The number of hydrogen-bond acceptors (Lipinski definition) is 6. The molecule has 2 heterocycles. The van der Waals surface area contributed by atoms with Gasteiger partial charge in [0.15, 0.2) is 11.5 Å². The van der Waals surface area contributed by atoms with Crippen LogP contribution in [-0.2, 0) is 0 Å². The van der Waals surface area contributed by atoms with Crippen LogP contribution in [0.3, 0.4) is 0 Å². The molecule has 0 saturated heterocycles. The van der Waals surface area contributed by atoms with Crippen molar-refractivity contribution < 1.29 is 9.47 Å². The molecular weight excluding hydrogens is 334 g/mol. The van der Waals surface area contributed by atoms with Gasteiger partial charge in [-0.05, 0) is 35.4 Å². The van der Waals surface area contributed by atoms with E-state index in [1.54, 1.807) is 11.9 Å². The molecule has 0 fully saturated rings. The van der Waals surface area contributed by atoms with Gasteiger partial charge in [0.05, 0.1) is 11.8 Å². The van der Waals surface area contributed by atoms with Crippen molar-refractivity contribution in [1.82, 2.24) is 5.43 Å². The first-order chi connectivity index (χ1) is 12.3. The fourth-order valence-electron chi connectivity index (χ4n) is 2.98. The number of nitrogens with one attached hydrogen (secondary N) is 2. The minimum absolute atomic E-state index is 0.166. The van der Waals surface area contributed by atoms with Crippen molar-refractivity contribution >= 4 is 23.3 Å². The van der Waals surface area contributed by atoms with Crippen molar-refractivity contribution in [2.75, 3.05) is 23.7 Å². The molecule has 0 aromatic heterocycles. The van der Waals surface area contributed by atoms with Crippen molar-refractivity contribution in [3.63, 3.8) is 0 Å². The summed E-state index contributed by atoms with van der Waals surface area (Å²) in [7, 11) is 0. The molecule has 1 unspecified atom stereocenters. The van der Waals surface area contributed by atoms with Crippen LogP contribution in [0.2, 0.25) is 0 Å². The van der Waals surface area contributed by atoms with Gasteiger partial charge >= 0.3 is 0 Å². The first kappa shape index (κ1) is 16.1. The fraction of sp³-hybridized carbons (Fsp3) is 0.316. The predicted octanol–water partition coefficient (Wildman–Crippen LogP) is 3.98. The monoisotopic (exact) mass is 355 g/mol. The third kappa shape index (κ3) is 3.54. The zero-order valence-corrected chi connectivity index (χ0v) is 14.9. The highest BCUT2D eigenvalue weighted by molar-refractivity contribution is 8.00. The number of benzene rings is 2. The molecule has 2 aromatic rings. The van der Waals surface area contributed by atoms with Gasteiger partial charge in [0.1, 0.15) is 13.2 Å². The average Bonchev–Trinajstić information content (AvgIpc) is 3.16. The number of hydrazone groups is 1. The Morgan fingerprint density at radius 2 is 1.92 bits per heavy atom. The highest BCUT2D eigenvalue weighted by Crippen LogP contribution is 2.34. The molecule has 2 N–H and O–H groups in total. The molecule has 130 valence electrons. The average molecular weight is 355 g/mol. The van der Waals surface area contributed by atoms with Crippen LogP contribution in [-0.4, -0.2) is 24.7 Å². The maximum Gasteiger partial charge on any atom is 0.161 e. The molecule has 5 nitrogen and oxygen atoms in total. The molecule has 0 amide bonds. The molecule has 25 heavy (non-hydrogen) atoms. The van der Waals surface area contributed by atoms with Crippen LogP contribution >= 0.6 is 11.9 Å². The summed E-state index contributed by atoms with van der Waals surface area (Å²) >= 11 is 1.69. The summed E-state index contributed by atoms with van der Waals surface area (Å²) in [5, 5.41) is 4.54. The summed E-state index contributed by atoms with van der Waals surface area (Å²) in [4.78, 5) is 0. The Labute approximate surface area is 151 Å². The van der Waals surface area contributed by atoms with Gasteiger partial charge in [-0.25, -0.2) is 0 Å². The number of rotatable bonds is 5. The zero-order chi connectivity index (χ0) is 17.1. The van der Waals surface area contributed by atoms with E-state index in [0.717, 1.165) is 40.6 Å². The Morgan fingerprint density at radius 1 is 1.12 bits per heavy atom. The summed E-state index contributed by atoms with van der Waals surface area (Å²) in [6.07, 6.45) is 0.857. The van der Waals surface area contributed by atoms with Gasteiger partial charge in [-0.15, -0.1) is 0 Å². The number of fused-ring (bicyclic) bond motifs is 1. The van der Waals surface area contributed by atoms with Gasteiger partial charge < -0.3 is 19.6 Å². The first-order valence-corrected chi connectivity index (χ1v) is 9.52. The van der Waals surface area contributed by atoms with E-state index in [9.17, 15) is 0 Å². The summed E-state index contributed by atoms with van der Waals surface area (Å²) in [5.41, 5.74) is 7.76. The molecule has 2 aliphatic heterocycles. The van der Waals surface area contributed by atoms with Gasteiger partial charge in [-0.1, -0.05) is 37.1 Å². The third-order valence-electron chi connectivity index (χ3n) is 4.27. The lowest BCUT2D eigenvalue weighted by atomic mass is 9.98. The molecule has 0 spiro atoms. The van der Waals surface area contributed by atoms with Gasteiger partial charge in [-0.3, -0.25) is 0 Å². The van der Waals surface area contributed by atoms with Crippen LogP contribution in [0.4, 0.5) is 5.69 Å². The van der Waals surface area contributed by atoms with E-state index in [0.29, 0.717) is 13.2 Å². The van der Waals surface area contributed by atoms with E-state index in [2.05, 4.69) is 58.6 Å². The van der Waals surface area contributed by atoms with E-state index >= 15 is 0 Å². The number of hydrogen-bond donors (Lipinski definition) is 2. The molecule has 2 aromatic carbocycles. The SMILES string of the molecule is CCSNc1ccc(C2=NNC(c3ccc4c(c3)OCCO4)C2)cc1. The Morgan fingerprint density at radius 3 is 2.72 bits per heavy atom. The van der Waals surface area contributed by atoms with Crippen LogP contribution < -0.4 is 19.6 Å². The van der Waals surface area contributed by atoms with E-state index in [4.69, 9.17) is 9.47 Å². The maximum atomic E-state index is 5.68. The zero-order valence-electron chi connectivity index (χ0n) is 14.1. The quantitative estimate of drug-likeness (QED) is 0.795. The largest absolute Gasteiger partial charge is 0.486 e. The molecule has 0 aliphatic carbocycles. The van der Waals surface area contributed by atoms with Crippen LogP contribution in [0, 0.1) is 0 Å². The fourth-order valence-corrected chi connectivity index (χ4v) is 3.43. The molecule has 6 heteroatoms. The van der Waals surface area contributed by atoms with Crippen molar-refractivity contribution in [2.45, 2.75) is 19.4 Å². The first-order valence-electron chi connectivity index (χ1n) is 8.53. The molecule has 4 rings (SSSR count). The third-order valence-corrected chi connectivity index (χ3v) is 4.94. The Balaban J connectivity index is 1.44. The van der Waals surface area contributed by atoms with Gasteiger partial charge in [0.25, 0.3) is 0 Å². The Hall–Kier alpha value is -2.34. The van der Waals surface area contributed by atoms with Gasteiger partial charge in [0.2, 0.25) is 0 Å². The lowest BCUT2D eigenvalue weighted by Crippen LogP contribution is -2.16. The van der Waals surface area contributed by atoms with Crippen LogP contribution in [0.25, 0.3) is 0 Å². The molecule has 1 atom stereocenters. The summed E-state index contributed by atoms with van der Waals surface area (Å²) < 4.78 is 14.6. The molecular formula is C19H21N3O2S. The molecule has 2 aliphatic rings. The van der Waals surface area contributed by atoms with Gasteiger partial charge in [-0.2, -0.15) is 5.10 Å². The smallest absolute Gasteiger partial charge is 0.161 e. The van der Waals surface area contributed by atoms with E-state index < -0.39 is 0 Å². The summed E-state index contributed by atoms with van der Waals surface area (Å²) in [6.45, 7) is 3.35. The van der Waals surface area contributed by atoms with E-state index in [1.165, 1.54) is 5.56 Å². The minimum atomic E-state index is 0.166. The number of ether oxygens (including phenoxy) is 2. The van der Waals surface area contributed by atoms with Crippen molar-refractivity contribution in [2.24, 2.45) is 5.10 Å².